The first-order chi connectivity index (χ1) is 11.5. The summed E-state index contributed by atoms with van der Waals surface area (Å²) in [6, 6.07) is 3.67. The van der Waals surface area contributed by atoms with E-state index in [1.807, 2.05) is 48.6 Å². The molecule has 0 saturated carbocycles. The number of rotatable bonds is 0. The standard InChI is InChI=1S/C5H8O.2C5H6O.C4H4O/c3*1-2-4-6-5-3-1;1-2-4-5-3-1/h2,4H,1,3,5H2;2-5H,1H2;1-4H,5H2;1-4H. The van der Waals surface area contributed by atoms with Crippen molar-refractivity contribution in [1.82, 2.24) is 0 Å². The third kappa shape index (κ3) is 14.1. The van der Waals surface area contributed by atoms with Gasteiger partial charge < -0.3 is 18.6 Å². The van der Waals surface area contributed by atoms with Crippen molar-refractivity contribution in [2.75, 3.05) is 13.2 Å². The fourth-order valence-electron chi connectivity index (χ4n) is 1.41. The van der Waals surface area contributed by atoms with Crippen LogP contribution < -0.4 is 0 Å². The van der Waals surface area contributed by atoms with Crippen LogP contribution in [-0.2, 0) is 14.2 Å². The van der Waals surface area contributed by atoms with E-state index in [0.717, 1.165) is 19.6 Å². The zero-order chi connectivity index (χ0) is 16.3. The molecule has 0 saturated heterocycles. The molecular weight excluding hydrogens is 292 g/mol. The smallest absolute Gasteiger partial charge is 0.106 e. The molecule has 124 valence electrons. The minimum absolute atomic E-state index is 0.733. The summed E-state index contributed by atoms with van der Waals surface area (Å²) >= 11 is 0. The number of hydrogen-bond acceptors (Lipinski definition) is 4. The molecule has 0 radical (unpaired) electrons. The molecule has 23 heavy (non-hydrogen) atoms. The molecule has 1 aromatic rings. The maximum atomic E-state index is 4.89. The summed E-state index contributed by atoms with van der Waals surface area (Å²) in [5.41, 5.74) is 0. The van der Waals surface area contributed by atoms with Crippen LogP contribution in [0.15, 0.2) is 90.6 Å². The van der Waals surface area contributed by atoms with E-state index >= 15 is 0 Å². The number of furan rings is 1. The second-order valence-corrected chi connectivity index (χ2v) is 4.38. The molecule has 0 spiro atoms. The second-order valence-electron chi connectivity index (χ2n) is 4.38. The lowest BCUT2D eigenvalue weighted by molar-refractivity contribution is 0.231. The topological polar surface area (TPSA) is 40.8 Å². The third-order valence-electron chi connectivity index (χ3n) is 2.49. The van der Waals surface area contributed by atoms with E-state index < -0.39 is 0 Å². The molecule has 4 heterocycles. The van der Waals surface area contributed by atoms with Gasteiger partial charge in [-0.3, -0.25) is 0 Å². The van der Waals surface area contributed by atoms with Gasteiger partial charge in [0.15, 0.2) is 0 Å². The lowest BCUT2D eigenvalue weighted by Crippen LogP contribution is -1.90. The minimum atomic E-state index is 0.733. The van der Waals surface area contributed by atoms with Gasteiger partial charge in [-0.15, -0.1) is 0 Å². The summed E-state index contributed by atoms with van der Waals surface area (Å²) in [5, 5.41) is 0. The average Bonchev–Trinajstić information content (AvgIpc) is 3.27. The van der Waals surface area contributed by atoms with Crippen LogP contribution in [0.2, 0.25) is 0 Å². The van der Waals surface area contributed by atoms with E-state index in [1.165, 1.54) is 12.8 Å². The predicted octanol–water partition coefficient (Wildman–Crippen LogP) is 5.11. The largest absolute Gasteiger partial charge is 0.502 e. The monoisotopic (exact) mass is 316 g/mol. The molecule has 4 rings (SSSR count). The van der Waals surface area contributed by atoms with Crippen LogP contribution in [-0.4, -0.2) is 13.2 Å². The van der Waals surface area contributed by atoms with Gasteiger partial charge in [0.05, 0.1) is 44.2 Å². The van der Waals surface area contributed by atoms with Gasteiger partial charge in [0.2, 0.25) is 0 Å². The molecule has 0 amide bonds. The highest BCUT2D eigenvalue weighted by Crippen LogP contribution is 1.98. The summed E-state index contributed by atoms with van der Waals surface area (Å²) in [7, 11) is 0. The zero-order valence-corrected chi connectivity index (χ0v) is 13.3. The van der Waals surface area contributed by atoms with Gasteiger partial charge in [-0.1, -0.05) is 6.08 Å². The maximum absolute atomic E-state index is 4.89. The van der Waals surface area contributed by atoms with Crippen LogP contribution >= 0.6 is 0 Å². The number of ether oxygens (including phenoxy) is 3. The normalized spacial score (nSPS) is 16.0. The van der Waals surface area contributed by atoms with Crippen molar-refractivity contribution in [2.24, 2.45) is 0 Å². The molecule has 0 atom stereocenters. The molecular formula is C19H24O4. The first-order valence-corrected chi connectivity index (χ1v) is 7.62. The van der Waals surface area contributed by atoms with Gasteiger partial charge >= 0.3 is 0 Å². The van der Waals surface area contributed by atoms with Crippen molar-refractivity contribution in [3.63, 3.8) is 0 Å². The van der Waals surface area contributed by atoms with Gasteiger partial charge in [-0.2, -0.15) is 0 Å². The predicted molar refractivity (Wildman–Crippen MR) is 91.2 cm³/mol. The van der Waals surface area contributed by atoms with Crippen LogP contribution in [0.4, 0.5) is 0 Å². The highest BCUT2D eigenvalue weighted by atomic mass is 16.5. The summed E-state index contributed by atoms with van der Waals surface area (Å²) < 4.78 is 19.0. The summed E-state index contributed by atoms with van der Waals surface area (Å²) in [6.07, 6.45) is 25.2. The van der Waals surface area contributed by atoms with Gasteiger partial charge in [-0.05, 0) is 61.8 Å². The lowest BCUT2D eigenvalue weighted by atomic mass is 10.3. The van der Waals surface area contributed by atoms with Gasteiger partial charge in [0.1, 0.15) is 6.61 Å². The van der Waals surface area contributed by atoms with Crippen molar-refractivity contribution in [3.05, 3.63) is 86.2 Å². The fraction of sp³-hybridized carbons (Fsp3) is 0.263. The van der Waals surface area contributed by atoms with Gasteiger partial charge in [0.25, 0.3) is 0 Å². The van der Waals surface area contributed by atoms with E-state index in [1.54, 1.807) is 37.6 Å². The van der Waals surface area contributed by atoms with Crippen LogP contribution in [0.5, 0.6) is 0 Å². The Hall–Kier alpha value is -2.62. The van der Waals surface area contributed by atoms with E-state index in [9.17, 15) is 0 Å². The first-order valence-electron chi connectivity index (χ1n) is 7.62. The van der Waals surface area contributed by atoms with Crippen LogP contribution in [0.25, 0.3) is 0 Å². The molecule has 3 aliphatic rings. The Morgan fingerprint density at radius 1 is 0.696 bits per heavy atom. The molecule has 0 aliphatic carbocycles. The molecule has 0 aromatic carbocycles. The Labute approximate surface area is 138 Å². The van der Waals surface area contributed by atoms with Crippen LogP contribution in [0.1, 0.15) is 19.3 Å². The summed E-state index contributed by atoms with van der Waals surface area (Å²) in [5.74, 6) is 0. The third-order valence-corrected chi connectivity index (χ3v) is 2.49. The molecule has 0 bridgehead atoms. The first kappa shape index (κ1) is 18.4. The van der Waals surface area contributed by atoms with Crippen LogP contribution in [0.3, 0.4) is 0 Å². The zero-order valence-electron chi connectivity index (χ0n) is 13.3. The Kier molecular flexibility index (Phi) is 12.6. The second kappa shape index (κ2) is 15.8. The maximum Gasteiger partial charge on any atom is 0.106 e. The molecule has 0 fully saturated rings. The van der Waals surface area contributed by atoms with E-state index in [2.05, 4.69) is 4.42 Å². The fourth-order valence-corrected chi connectivity index (χ4v) is 1.41. The lowest BCUT2D eigenvalue weighted by Gasteiger charge is -2.01. The van der Waals surface area contributed by atoms with Crippen molar-refractivity contribution in [2.45, 2.75) is 19.3 Å². The van der Waals surface area contributed by atoms with Gasteiger partial charge in [0, 0.05) is 0 Å². The SMILES string of the molecule is C1=CCOC=C1.C1=COC=CC1.C1=COCCC1.c1ccoc1. The minimum Gasteiger partial charge on any atom is -0.502 e. The van der Waals surface area contributed by atoms with Crippen molar-refractivity contribution in [1.29, 1.82) is 0 Å². The highest BCUT2D eigenvalue weighted by molar-refractivity contribution is 5.03. The quantitative estimate of drug-likeness (QED) is 0.667. The number of hydrogen-bond donors (Lipinski definition) is 0. The van der Waals surface area contributed by atoms with Crippen LogP contribution in [0, 0.1) is 0 Å². The van der Waals surface area contributed by atoms with Crippen molar-refractivity contribution < 1.29 is 18.6 Å². The van der Waals surface area contributed by atoms with Gasteiger partial charge in [-0.25, -0.2) is 0 Å². The molecule has 4 heteroatoms. The molecule has 4 nitrogen and oxygen atoms in total. The average molecular weight is 316 g/mol. The Morgan fingerprint density at radius 3 is 1.70 bits per heavy atom. The summed E-state index contributed by atoms with van der Waals surface area (Å²) in [4.78, 5) is 0. The molecule has 3 aliphatic heterocycles. The molecule has 1 aromatic heterocycles. The van der Waals surface area contributed by atoms with E-state index in [-0.39, 0.29) is 0 Å². The summed E-state index contributed by atoms with van der Waals surface area (Å²) in [6.45, 7) is 1.65. The highest BCUT2D eigenvalue weighted by Gasteiger charge is 1.86. The van der Waals surface area contributed by atoms with Crippen molar-refractivity contribution in [3.8, 4) is 0 Å². The molecule has 0 N–H and O–H groups in total. The van der Waals surface area contributed by atoms with E-state index in [0.29, 0.717) is 0 Å². The van der Waals surface area contributed by atoms with Crippen molar-refractivity contribution >= 4 is 0 Å². The Morgan fingerprint density at radius 2 is 1.52 bits per heavy atom. The Bertz CT molecular complexity index is 422. The molecule has 0 unspecified atom stereocenters. The number of allylic oxidation sites excluding steroid dienone is 5. The van der Waals surface area contributed by atoms with E-state index in [4.69, 9.17) is 14.2 Å². The Balaban J connectivity index is 0.000000154.